The van der Waals surface area contributed by atoms with E-state index in [0.717, 1.165) is 13.1 Å². The highest BCUT2D eigenvalue weighted by Crippen LogP contribution is 2.00. The van der Waals surface area contributed by atoms with E-state index in [1.165, 1.54) is 11.4 Å². The van der Waals surface area contributed by atoms with Crippen molar-refractivity contribution >= 4 is 6.03 Å². The zero-order valence-corrected chi connectivity index (χ0v) is 7.63. The average Bonchev–Trinajstić information content (AvgIpc) is 2.75. The Labute approximate surface area is 81.0 Å². The standard InChI is InChI=1S/C7H12N6O/c8-7(14)13(11-3-1-9-5-11)12-4-2-10-6-12/h1,3,5,10H,2,4,6H2,(H2,8,14). The summed E-state index contributed by atoms with van der Waals surface area (Å²) in [5.74, 6) is 0. The number of hydrogen-bond donors (Lipinski definition) is 2. The Bertz CT molecular complexity index is 304. The van der Waals surface area contributed by atoms with Crippen molar-refractivity contribution in [2.75, 3.05) is 24.9 Å². The van der Waals surface area contributed by atoms with Crippen LogP contribution in [-0.4, -0.2) is 40.5 Å². The molecule has 1 aliphatic rings. The molecule has 0 aliphatic carbocycles. The Hall–Kier alpha value is -1.60. The zero-order valence-electron chi connectivity index (χ0n) is 7.63. The molecule has 0 bridgehead atoms. The number of primary amides is 1. The number of rotatable bonds is 2. The number of carbonyl (C=O) groups excluding carboxylic acids is 1. The molecule has 14 heavy (non-hydrogen) atoms. The van der Waals surface area contributed by atoms with Crippen LogP contribution in [0.3, 0.4) is 0 Å². The molecular formula is C7H12N6O. The van der Waals surface area contributed by atoms with Gasteiger partial charge in [0.2, 0.25) is 0 Å². The second kappa shape index (κ2) is 3.64. The maximum absolute atomic E-state index is 11.2. The van der Waals surface area contributed by atoms with Gasteiger partial charge >= 0.3 is 6.03 Å². The highest BCUT2D eigenvalue weighted by molar-refractivity contribution is 5.81. The van der Waals surface area contributed by atoms with Crippen LogP contribution in [0.5, 0.6) is 0 Å². The quantitative estimate of drug-likeness (QED) is 0.614. The minimum Gasteiger partial charge on any atom is -0.349 e. The molecule has 2 rings (SSSR count). The summed E-state index contributed by atoms with van der Waals surface area (Å²) < 4.78 is 1.55. The number of nitrogens with two attached hydrogens (primary N) is 1. The largest absolute Gasteiger partial charge is 0.349 e. The second-order valence-corrected chi connectivity index (χ2v) is 2.96. The first-order chi connectivity index (χ1) is 6.79. The number of hydrogen-bond acceptors (Lipinski definition) is 4. The number of hydrazine groups is 1. The van der Waals surface area contributed by atoms with Crippen molar-refractivity contribution in [3.05, 3.63) is 18.7 Å². The van der Waals surface area contributed by atoms with Crippen LogP contribution in [0.1, 0.15) is 0 Å². The molecule has 3 N–H and O–H groups in total. The van der Waals surface area contributed by atoms with Crippen molar-refractivity contribution in [2.45, 2.75) is 0 Å². The van der Waals surface area contributed by atoms with Gasteiger partial charge in [-0.3, -0.25) is 0 Å². The van der Waals surface area contributed by atoms with Gasteiger partial charge in [0.15, 0.2) is 0 Å². The van der Waals surface area contributed by atoms with E-state index in [1.807, 2.05) is 5.01 Å². The van der Waals surface area contributed by atoms with Gasteiger partial charge in [-0.1, -0.05) is 0 Å². The lowest BCUT2D eigenvalue weighted by Crippen LogP contribution is -2.54. The highest BCUT2D eigenvalue weighted by Gasteiger charge is 2.23. The molecule has 0 unspecified atom stereocenters. The Balaban J connectivity index is 2.19. The van der Waals surface area contributed by atoms with E-state index in [4.69, 9.17) is 5.73 Å². The van der Waals surface area contributed by atoms with Gasteiger partial charge in [0.1, 0.15) is 6.33 Å². The minimum absolute atomic E-state index is 0.522. The molecule has 0 radical (unpaired) electrons. The molecule has 1 saturated heterocycles. The lowest BCUT2D eigenvalue weighted by Gasteiger charge is -2.28. The molecule has 0 saturated carbocycles. The Morgan fingerprint density at radius 1 is 1.64 bits per heavy atom. The van der Waals surface area contributed by atoms with Crippen LogP contribution in [0.25, 0.3) is 0 Å². The summed E-state index contributed by atoms with van der Waals surface area (Å²) in [6.45, 7) is 2.21. The van der Waals surface area contributed by atoms with Gasteiger partial charge in [0.25, 0.3) is 0 Å². The minimum atomic E-state index is -0.522. The third-order valence-electron chi connectivity index (χ3n) is 2.02. The van der Waals surface area contributed by atoms with Gasteiger partial charge in [-0.25, -0.2) is 14.5 Å². The van der Waals surface area contributed by atoms with E-state index in [9.17, 15) is 4.79 Å². The number of carbonyl (C=O) groups is 1. The maximum atomic E-state index is 11.2. The van der Waals surface area contributed by atoms with E-state index in [1.54, 1.807) is 17.1 Å². The fourth-order valence-corrected chi connectivity index (χ4v) is 1.42. The van der Waals surface area contributed by atoms with Gasteiger partial charge in [-0.2, -0.15) is 10.1 Å². The number of aromatic nitrogens is 2. The molecule has 0 aromatic carbocycles. The van der Waals surface area contributed by atoms with Crippen molar-refractivity contribution in [1.29, 1.82) is 0 Å². The van der Waals surface area contributed by atoms with E-state index in [0.29, 0.717) is 6.67 Å². The predicted molar refractivity (Wildman–Crippen MR) is 49.6 cm³/mol. The monoisotopic (exact) mass is 196 g/mol. The third kappa shape index (κ3) is 1.54. The Morgan fingerprint density at radius 2 is 2.50 bits per heavy atom. The third-order valence-corrected chi connectivity index (χ3v) is 2.02. The average molecular weight is 196 g/mol. The second-order valence-electron chi connectivity index (χ2n) is 2.96. The molecule has 1 aromatic rings. The number of urea groups is 1. The number of amides is 2. The van der Waals surface area contributed by atoms with E-state index < -0.39 is 6.03 Å². The summed E-state index contributed by atoms with van der Waals surface area (Å²) in [5, 5.41) is 6.28. The van der Waals surface area contributed by atoms with Gasteiger partial charge in [0, 0.05) is 25.5 Å². The molecule has 76 valence electrons. The molecule has 7 heteroatoms. The van der Waals surface area contributed by atoms with Crippen molar-refractivity contribution in [3.63, 3.8) is 0 Å². The van der Waals surface area contributed by atoms with Crippen LogP contribution in [-0.2, 0) is 0 Å². The fraction of sp³-hybridized carbons (Fsp3) is 0.429. The normalized spacial score (nSPS) is 17.1. The van der Waals surface area contributed by atoms with Gasteiger partial charge in [-0.15, -0.1) is 0 Å². The molecular weight excluding hydrogens is 184 g/mol. The molecule has 7 nitrogen and oxygen atoms in total. The summed E-state index contributed by atoms with van der Waals surface area (Å²) in [6.07, 6.45) is 4.80. The molecule has 1 aliphatic heterocycles. The first kappa shape index (κ1) is 8.97. The van der Waals surface area contributed by atoms with Crippen LogP contribution < -0.4 is 16.2 Å². The number of nitrogens with zero attached hydrogens (tertiary/aromatic N) is 4. The van der Waals surface area contributed by atoms with Crippen LogP contribution in [0.4, 0.5) is 4.79 Å². The van der Waals surface area contributed by atoms with Crippen LogP contribution in [0.2, 0.25) is 0 Å². The summed E-state index contributed by atoms with van der Waals surface area (Å²) in [7, 11) is 0. The van der Waals surface area contributed by atoms with Gasteiger partial charge < -0.3 is 11.1 Å². The van der Waals surface area contributed by atoms with Crippen molar-refractivity contribution in [3.8, 4) is 0 Å². The Kier molecular flexibility index (Phi) is 2.33. The molecule has 1 aromatic heterocycles. The highest BCUT2D eigenvalue weighted by atomic mass is 16.2. The van der Waals surface area contributed by atoms with Gasteiger partial charge in [0.05, 0.1) is 6.67 Å². The summed E-state index contributed by atoms with van der Waals surface area (Å²) in [6, 6.07) is -0.522. The first-order valence-electron chi connectivity index (χ1n) is 4.32. The summed E-state index contributed by atoms with van der Waals surface area (Å²) >= 11 is 0. The summed E-state index contributed by atoms with van der Waals surface area (Å²) in [5.41, 5.74) is 5.28. The summed E-state index contributed by atoms with van der Waals surface area (Å²) in [4.78, 5) is 15.1. The lowest BCUT2D eigenvalue weighted by atomic mass is 10.7. The van der Waals surface area contributed by atoms with Crippen molar-refractivity contribution in [2.24, 2.45) is 5.73 Å². The topological polar surface area (TPSA) is 79.4 Å². The first-order valence-corrected chi connectivity index (χ1v) is 4.32. The molecule has 2 amide bonds. The van der Waals surface area contributed by atoms with Gasteiger partial charge in [-0.05, 0) is 0 Å². The Morgan fingerprint density at radius 3 is 3.00 bits per heavy atom. The smallest absolute Gasteiger partial charge is 0.349 e. The maximum Gasteiger partial charge on any atom is 0.349 e. The zero-order chi connectivity index (χ0) is 9.97. The van der Waals surface area contributed by atoms with E-state index in [2.05, 4.69) is 10.3 Å². The molecule has 0 atom stereocenters. The molecule has 2 heterocycles. The number of imidazole rings is 1. The molecule has 0 spiro atoms. The van der Waals surface area contributed by atoms with E-state index >= 15 is 0 Å². The SMILES string of the molecule is NC(=O)N(N1CCNC1)n1ccnc1. The lowest BCUT2D eigenvalue weighted by molar-refractivity contribution is 0.204. The van der Waals surface area contributed by atoms with Crippen molar-refractivity contribution in [1.82, 2.24) is 20.0 Å². The van der Waals surface area contributed by atoms with Crippen LogP contribution in [0, 0.1) is 0 Å². The van der Waals surface area contributed by atoms with Crippen LogP contribution in [0.15, 0.2) is 18.7 Å². The molecule has 1 fully saturated rings. The van der Waals surface area contributed by atoms with Crippen molar-refractivity contribution < 1.29 is 4.79 Å². The number of nitrogens with one attached hydrogen (secondary N) is 1. The van der Waals surface area contributed by atoms with E-state index in [-0.39, 0.29) is 0 Å². The predicted octanol–water partition coefficient (Wildman–Crippen LogP) is -1.32. The van der Waals surface area contributed by atoms with Crippen LogP contribution >= 0.6 is 0 Å². The fourth-order valence-electron chi connectivity index (χ4n) is 1.42.